The summed E-state index contributed by atoms with van der Waals surface area (Å²) >= 11 is 0. The zero-order valence-corrected chi connectivity index (χ0v) is 30.7. The van der Waals surface area contributed by atoms with Crippen LogP contribution in [-0.2, 0) is 19.1 Å². The van der Waals surface area contributed by atoms with Crippen molar-refractivity contribution in [2.24, 2.45) is 40.4 Å². The van der Waals surface area contributed by atoms with E-state index in [4.69, 9.17) is 9.47 Å². The van der Waals surface area contributed by atoms with Gasteiger partial charge in [0.1, 0.15) is 11.5 Å². The van der Waals surface area contributed by atoms with Gasteiger partial charge in [0.15, 0.2) is 0 Å². The molecule has 4 heterocycles. The van der Waals surface area contributed by atoms with Gasteiger partial charge in [0.25, 0.3) is 0 Å². The first-order valence-corrected chi connectivity index (χ1v) is 22.0. The average Bonchev–Trinajstić information content (AvgIpc) is 3.81. The Hall–Kier alpha value is -2.32. The number of carbonyl (C=O) groups excluding carboxylic acids is 2. The summed E-state index contributed by atoms with van der Waals surface area (Å²) in [6.07, 6.45) is 27.3. The summed E-state index contributed by atoms with van der Waals surface area (Å²) in [5.74, 6) is 6.20. The quantitative estimate of drug-likeness (QED) is 0.223. The van der Waals surface area contributed by atoms with E-state index in [-0.39, 0.29) is 29.2 Å². The highest BCUT2D eigenvalue weighted by Gasteiger charge is 2.68. The van der Waals surface area contributed by atoms with Crippen molar-refractivity contribution in [1.82, 2.24) is 10.6 Å². The van der Waals surface area contributed by atoms with Gasteiger partial charge in [0.05, 0.1) is 22.7 Å². The van der Waals surface area contributed by atoms with Crippen LogP contribution < -0.4 is 10.6 Å². The smallest absolute Gasteiger partial charge is 0.340 e. The van der Waals surface area contributed by atoms with E-state index in [2.05, 4.69) is 41.9 Å². The molecule has 6 aliphatic carbocycles. The Morgan fingerprint density at radius 3 is 2.61 bits per heavy atom. The second-order valence-corrected chi connectivity index (χ2v) is 18.9. The number of esters is 2. The van der Waals surface area contributed by atoms with Crippen LogP contribution in [0.25, 0.3) is 0 Å². The van der Waals surface area contributed by atoms with Crippen LogP contribution in [0.1, 0.15) is 110 Å². The lowest BCUT2D eigenvalue weighted by Crippen LogP contribution is -2.52. The van der Waals surface area contributed by atoms with E-state index in [1.165, 1.54) is 68.9 Å². The van der Waals surface area contributed by atoms with Crippen molar-refractivity contribution in [1.29, 1.82) is 0 Å². The van der Waals surface area contributed by atoms with E-state index >= 15 is 0 Å². The van der Waals surface area contributed by atoms with Crippen molar-refractivity contribution in [3.8, 4) is 0 Å². The number of carbonyl (C=O) groups is 2. The van der Waals surface area contributed by atoms with Crippen LogP contribution in [-0.4, -0.2) is 30.1 Å². The Morgan fingerprint density at radius 2 is 1.78 bits per heavy atom. The molecule has 0 radical (unpaired) electrons. The van der Waals surface area contributed by atoms with E-state index in [9.17, 15) is 9.59 Å². The number of hydrogen-bond donors (Lipinski definition) is 2. The second-order valence-electron chi connectivity index (χ2n) is 16.4. The number of allylic oxidation sites excluding steroid dienone is 7. The molecule has 0 aromatic heterocycles. The molecular weight excluding hydrogens is 649 g/mol. The fraction of sp³-hybridized carbons (Fsp3) is 0.659. The number of ether oxygens (including phenoxy) is 2. The maximum Gasteiger partial charge on any atom is 0.340 e. The van der Waals surface area contributed by atoms with Crippen LogP contribution in [0.15, 0.2) is 69.5 Å². The average molecular weight is 701 g/mol. The molecular formula is C41H52N2O4S2. The lowest BCUT2D eigenvalue weighted by atomic mass is 9.44. The Morgan fingerprint density at radius 1 is 0.918 bits per heavy atom. The van der Waals surface area contributed by atoms with Crippen LogP contribution in [0.5, 0.6) is 0 Å². The van der Waals surface area contributed by atoms with Crippen molar-refractivity contribution < 1.29 is 19.1 Å². The highest BCUT2D eigenvalue weighted by molar-refractivity contribution is 8.76. The normalized spacial score (nSPS) is 37.7. The first kappa shape index (κ1) is 32.6. The summed E-state index contributed by atoms with van der Waals surface area (Å²) in [7, 11) is 3.89. The van der Waals surface area contributed by atoms with Gasteiger partial charge in [0, 0.05) is 29.4 Å². The second kappa shape index (κ2) is 13.0. The predicted octanol–water partition coefficient (Wildman–Crippen LogP) is 9.16. The SMILES string of the molecule is CCC1(/C=C2\OC(=O)C3=C2CC[C@H]2[C@@H]4CC[C@@]5(C6=C4CC4=CCNC(=C4)NCSSC[C@H](C4CCCCC4)C/C=C/5OC6=O)[C@@H]32)CCCC1. The summed E-state index contributed by atoms with van der Waals surface area (Å²) in [6, 6.07) is 0. The summed E-state index contributed by atoms with van der Waals surface area (Å²) in [5, 5.41) is 7.17. The lowest BCUT2D eigenvalue weighted by molar-refractivity contribution is -0.135. The van der Waals surface area contributed by atoms with Crippen LogP contribution >= 0.6 is 21.6 Å². The summed E-state index contributed by atoms with van der Waals surface area (Å²) in [6.45, 7) is 3.07. The monoisotopic (exact) mass is 700 g/mol. The molecule has 8 heteroatoms. The number of dihydropyridines is 1. The molecule has 7 bridgehead atoms. The maximum absolute atomic E-state index is 14.4. The first-order valence-electron chi connectivity index (χ1n) is 19.5. The van der Waals surface area contributed by atoms with Crippen molar-refractivity contribution in [3.63, 3.8) is 0 Å². The molecule has 0 aromatic rings. The van der Waals surface area contributed by atoms with Crippen LogP contribution in [0, 0.1) is 40.4 Å². The van der Waals surface area contributed by atoms with E-state index in [1.54, 1.807) is 0 Å². The third-order valence-corrected chi connectivity index (χ3v) is 16.5. The van der Waals surface area contributed by atoms with Gasteiger partial charge in [-0.1, -0.05) is 85.1 Å². The van der Waals surface area contributed by atoms with Crippen LogP contribution in [0.3, 0.4) is 0 Å². The topological polar surface area (TPSA) is 76.7 Å². The van der Waals surface area contributed by atoms with Gasteiger partial charge in [-0.3, -0.25) is 0 Å². The number of cyclic esters (lactones) is 1. The molecule has 0 aromatic carbocycles. The molecule has 262 valence electrons. The largest absolute Gasteiger partial charge is 0.427 e. The van der Waals surface area contributed by atoms with E-state index in [0.29, 0.717) is 17.8 Å². The Labute approximate surface area is 299 Å². The van der Waals surface area contributed by atoms with Crippen molar-refractivity contribution in [2.75, 3.05) is 18.2 Å². The molecule has 6 nitrogen and oxygen atoms in total. The number of fused-ring (bicyclic) bond motifs is 2. The molecule has 1 spiro atoms. The first-order chi connectivity index (χ1) is 24.0. The van der Waals surface area contributed by atoms with E-state index in [1.807, 2.05) is 21.6 Å². The Bertz CT molecular complexity index is 1610. The minimum atomic E-state index is -0.578. The number of hydrogen-bond acceptors (Lipinski definition) is 8. The van der Waals surface area contributed by atoms with E-state index in [0.717, 1.165) is 97.2 Å². The molecule has 1 saturated heterocycles. The van der Waals surface area contributed by atoms with Gasteiger partial charge in [-0.05, 0) is 111 Å². The Kier molecular flexibility index (Phi) is 8.66. The van der Waals surface area contributed by atoms with Crippen molar-refractivity contribution in [2.45, 2.75) is 110 Å². The zero-order chi connectivity index (χ0) is 33.2. The highest BCUT2D eigenvalue weighted by atomic mass is 33.1. The zero-order valence-electron chi connectivity index (χ0n) is 29.1. The molecule has 0 amide bonds. The summed E-state index contributed by atoms with van der Waals surface area (Å²) in [5.41, 5.74) is 5.02. The summed E-state index contributed by atoms with van der Waals surface area (Å²) in [4.78, 5) is 28.6. The third kappa shape index (κ3) is 5.43. The number of rotatable bonds is 3. The predicted molar refractivity (Wildman–Crippen MR) is 196 cm³/mol. The molecule has 4 fully saturated rings. The molecule has 4 aliphatic heterocycles. The van der Waals surface area contributed by atoms with Gasteiger partial charge in [-0.25, -0.2) is 9.59 Å². The molecule has 0 unspecified atom stereocenters. The van der Waals surface area contributed by atoms with Crippen molar-refractivity contribution >= 4 is 33.5 Å². The number of nitrogens with one attached hydrogen (secondary N) is 2. The lowest BCUT2D eigenvalue weighted by Gasteiger charge is -2.56. The molecule has 10 rings (SSSR count). The fourth-order valence-corrected chi connectivity index (χ4v) is 14.0. The molecule has 5 atom stereocenters. The van der Waals surface area contributed by atoms with Crippen molar-refractivity contribution in [3.05, 3.63) is 69.5 Å². The third-order valence-electron chi connectivity index (χ3n) is 14.2. The van der Waals surface area contributed by atoms with Gasteiger partial charge in [-0.2, -0.15) is 0 Å². The van der Waals surface area contributed by atoms with Gasteiger partial charge >= 0.3 is 11.9 Å². The molecule has 2 N–H and O–H groups in total. The maximum atomic E-state index is 14.4. The van der Waals surface area contributed by atoms with Gasteiger partial charge < -0.3 is 20.1 Å². The van der Waals surface area contributed by atoms with Crippen LogP contribution in [0.4, 0.5) is 0 Å². The molecule has 3 saturated carbocycles. The standard InChI is InChI=1S/C41H52N2O4S2/c1-2-40(16-6-7-17-40)22-32-30-12-11-29-28-14-18-41(36(29)35(30)38(44)46-32)33-13-10-27(26-8-4-3-5-9-26)23-48-49-24-43-34-21-25(15-19-42-34)20-31(28)37(41)39(45)47-33/h13,15,21-22,26-29,36,42-43H,2-12,14,16-20,23-24H2,1H3/b32-22-,33-13-/t27-,28+,29+,36-,41+/m1/s1. The Balaban J connectivity index is 1.18. The van der Waals surface area contributed by atoms with E-state index < -0.39 is 5.41 Å². The fourth-order valence-electron chi connectivity index (χ4n) is 11.8. The highest BCUT2D eigenvalue weighted by Crippen LogP contribution is 2.71. The summed E-state index contributed by atoms with van der Waals surface area (Å²) < 4.78 is 12.8. The molecule has 10 aliphatic rings. The minimum Gasteiger partial charge on any atom is -0.427 e. The van der Waals surface area contributed by atoms with Gasteiger partial charge in [0.2, 0.25) is 0 Å². The van der Waals surface area contributed by atoms with Gasteiger partial charge in [-0.15, -0.1) is 0 Å². The molecule has 49 heavy (non-hydrogen) atoms. The van der Waals surface area contributed by atoms with Crippen LogP contribution in [0.2, 0.25) is 0 Å². The minimum absolute atomic E-state index is 0.0577.